The van der Waals surface area contributed by atoms with Crippen molar-refractivity contribution < 1.29 is 18.0 Å². The summed E-state index contributed by atoms with van der Waals surface area (Å²) in [5.74, 6) is 0.478. The number of carbonyl (C=O) groups is 2. The molecule has 1 aromatic heterocycles. The number of benzene rings is 1. The second-order valence-corrected chi connectivity index (χ2v) is 12.5. The zero-order valence-electron chi connectivity index (χ0n) is 23.0. The van der Waals surface area contributed by atoms with E-state index in [-0.39, 0.29) is 29.5 Å². The minimum absolute atomic E-state index is 0.0273. The van der Waals surface area contributed by atoms with Gasteiger partial charge in [0.15, 0.2) is 11.5 Å². The lowest BCUT2D eigenvalue weighted by molar-refractivity contribution is 0.0996. The van der Waals surface area contributed by atoms with Crippen LogP contribution in [0.1, 0.15) is 47.7 Å². The van der Waals surface area contributed by atoms with Crippen LogP contribution in [0.2, 0.25) is 0 Å². The number of nitrogens with one attached hydrogen (secondary N) is 1. The number of primary amides is 1. The molecule has 2 aromatic rings. The van der Waals surface area contributed by atoms with E-state index in [0.29, 0.717) is 25.5 Å². The number of aromatic nitrogens is 2. The van der Waals surface area contributed by atoms with Crippen LogP contribution in [0.25, 0.3) is 0 Å². The first-order valence-electron chi connectivity index (χ1n) is 13.1. The molecule has 0 aliphatic carbocycles. The van der Waals surface area contributed by atoms with Gasteiger partial charge in [0.05, 0.1) is 18.5 Å². The Labute approximate surface area is 230 Å². The number of likely N-dealkylation sites (N-methyl/N-ethyl adjacent to an activating group) is 1. The molecule has 4 rings (SSSR count). The maximum absolute atomic E-state index is 12.5. The molecule has 0 saturated carbocycles. The number of nitrogens with zero attached hydrogens (tertiary/aromatic N) is 6. The topological polar surface area (TPSA) is 145 Å². The number of urea groups is 1. The van der Waals surface area contributed by atoms with Crippen molar-refractivity contribution in [1.82, 2.24) is 24.1 Å². The predicted octanol–water partition coefficient (Wildman–Crippen LogP) is 2.04. The molecule has 1 atom stereocenters. The van der Waals surface area contributed by atoms with Crippen LogP contribution >= 0.6 is 0 Å². The van der Waals surface area contributed by atoms with Gasteiger partial charge < -0.3 is 25.8 Å². The first kappa shape index (κ1) is 28.6. The molecule has 3 amide bonds. The number of carbonyl (C=O) groups excluding carboxylic acids is 2. The normalized spacial score (nSPS) is 19.0. The molecular formula is C26H38N8O4S. The van der Waals surface area contributed by atoms with Crippen molar-refractivity contribution in [2.24, 2.45) is 5.73 Å². The van der Waals surface area contributed by atoms with Crippen molar-refractivity contribution in [2.45, 2.75) is 37.6 Å². The van der Waals surface area contributed by atoms with Crippen molar-refractivity contribution in [3.05, 3.63) is 41.7 Å². The summed E-state index contributed by atoms with van der Waals surface area (Å²) in [5, 5.41) is 3.20. The number of hydrogen-bond acceptors (Lipinski definition) is 8. The maximum atomic E-state index is 12.5. The third-order valence-electron chi connectivity index (χ3n) is 7.51. The van der Waals surface area contributed by atoms with E-state index < -0.39 is 15.9 Å². The van der Waals surface area contributed by atoms with Gasteiger partial charge in [-0.05, 0) is 49.3 Å². The predicted molar refractivity (Wildman–Crippen MR) is 151 cm³/mol. The third kappa shape index (κ3) is 6.77. The van der Waals surface area contributed by atoms with E-state index in [0.717, 1.165) is 43.5 Å². The number of sulfonamides is 1. The molecule has 0 spiro atoms. The molecule has 12 nitrogen and oxygen atoms in total. The zero-order valence-corrected chi connectivity index (χ0v) is 23.8. The quantitative estimate of drug-likeness (QED) is 0.525. The highest BCUT2D eigenvalue weighted by Gasteiger charge is 2.29. The summed E-state index contributed by atoms with van der Waals surface area (Å²) in [7, 11) is 2.12. The van der Waals surface area contributed by atoms with Crippen LogP contribution < -0.4 is 16.0 Å². The van der Waals surface area contributed by atoms with Crippen molar-refractivity contribution >= 4 is 39.3 Å². The first-order chi connectivity index (χ1) is 18.4. The van der Waals surface area contributed by atoms with Crippen LogP contribution in [0, 0.1) is 0 Å². The molecule has 39 heavy (non-hydrogen) atoms. The molecule has 2 aliphatic heterocycles. The van der Waals surface area contributed by atoms with Crippen LogP contribution in [-0.2, 0) is 10.0 Å². The third-order valence-corrected chi connectivity index (χ3v) is 8.82. The van der Waals surface area contributed by atoms with Gasteiger partial charge in [0.2, 0.25) is 10.0 Å². The summed E-state index contributed by atoms with van der Waals surface area (Å²) < 4.78 is 25.1. The van der Waals surface area contributed by atoms with E-state index in [1.165, 1.54) is 10.6 Å². The zero-order chi connectivity index (χ0) is 28.3. The lowest BCUT2D eigenvalue weighted by Crippen LogP contribution is -2.51. The van der Waals surface area contributed by atoms with Gasteiger partial charge in [-0.1, -0.05) is 12.1 Å². The molecule has 2 fully saturated rings. The molecular weight excluding hydrogens is 520 g/mol. The van der Waals surface area contributed by atoms with Gasteiger partial charge >= 0.3 is 6.03 Å². The molecule has 2 aliphatic rings. The lowest BCUT2D eigenvalue weighted by atomic mass is 9.90. The second kappa shape index (κ2) is 11.7. The number of anilines is 3. The van der Waals surface area contributed by atoms with Crippen molar-refractivity contribution in [1.29, 1.82) is 0 Å². The van der Waals surface area contributed by atoms with Crippen molar-refractivity contribution in [3.63, 3.8) is 0 Å². The highest BCUT2D eigenvalue weighted by molar-refractivity contribution is 7.88. The summed E-state index contributed by atoms with van der Waals surface area (Å²) in [4.78, 5) is 39.0. The Hall–Kier alpha value is -3.45. The van der Waals surface area contributed by atoms with Crippen LogP contribution in [0.3, 0.4) is 0 Å². The van der Waals surface area contributed by atoms with Gasteiger partial charge in [-0.15, -0.1) is 0 Å². The highest BCUT2D eigenvalue weighted by Crippen LogP contribution is 2.31. The second-order valence-electron chi connectivity index (χ2n) is 10.5. The minimum atomic E-state index is -3.16. The molecule has 13 heteroatoms. The van der Waals surface area contributed by atoms with E-state index in [1.54, 1.807) is 30.1 Å². The Morgan fingerprint density at radius 1 is 1.05 bits per heavy atom. The number of piperidine rings is 2. The van der Waals surface area contributed by atoms with E-state index in [1.807, 2.05) is 31.3 Å². The van der Waals surface area contributed by atoms with Crippen LogP contribution in [0.5, 0.6) is 0 Å². The fourth-order valence-corrected chi connectivity index (χ4v) is 6.12. The number of nitrogens with two attached hydrogens (primary N) is 1. The lowest BCUT2D eigenvalue weighted by Gasteiger charge is -2.39. The minimum Gasteiger partial charge on any atom is -0.364 e. The van der Waals surface area contributed by atoms with Crippen LogP contribution in [-0.4, -0.2) is 104 Å². The van der Waals surface area contributed by atoms with Gasteiger partial charge in [0, 0.05) is 53.0 Å². The van der Waals surface area contributed by atoms with E-state index in [4.69, 9.17) is 10.7 Å². The Kier molecular flexibility index (Phi) is 8.60. The standard InChI is InChI=1S/C26H38N8O4S/c1-31(2)26(36)32(3)21-6-5-13-33(17-21)22-16-28-23(24(27)35)25(30-22)29-20-9-7-18(8-10-20)19-11-14-34(15-12-19)39(4,37)38/h7-10,16,19,21H,5-6,11-15,17H2,1-4H3,(H2,27,35)(H,29,30)/t21-/m0/s1. The number of rotatable bonds is 7. The Morgan fingerprint density at radius 2 is 1.72 bits per heavy atom. The first-order valence-corrected chi connectivity index (χ1v) is 15.0. The van der Waals surface area contributed by atoms with E-state index in [9.17, 15) is 18.0 Å². The van der Waals surface area contributed by atoms with Gasteiger partial charge in [0.1, 0.15) is 5.82 Å². The van der Waals surface area contributed by atoms with E-state index in [2.05, 4.69) is 15.2 Å². The monoisotopic (exact) mass is 558 g/mol. The van der Waals surface area contributed by atoms with Gasteiger partial charge in [-0.2, -0.15) is 0 Å². The molecule has 0 bridgehead atoms. The molecule has 3 heterocycles. The van der Waals surface area contributed by atoms with Crippen molar-refractivity contribution in [3.8, 4) is 0 Å². The average molecular weight is 559 g/mol. The smallest absolute Gasteiger partial charge is 0.319 e. The molecule has 1 aromatic carbocycles. The average Bonchev–Trinajstić information content (AvgIpc) is 2.92. The largest absolute Gasteiger partial charge is 0.364 e. The SMILES string of the molecule is CN(C)C(=O)N(C)[C@H]1CCCN(c2cnc(C(N)=O)c(Nc3ccc(C4CCN(S(C)(=O)=O)CC4)cc3)n2)C1. The molecule has 0 radical (unpaired) electrons. The Bertz CT molecular complexity index is 1290. The van der Waals surface area contributed by atoms with Crippen LogP contribution in [0.4, 0.5) is 22.1 Å². The summed E-state index contributed by atoms with van der Waals surface area (Å²) >= 11 is 0. The van der Waals surface area contributed by atoms with Gasteiger partial charge in [0.25, 0.3) is 5.91 Å². The summed E-state index contributed by atoms with van der Waals surface area (Å²) in [6, 6.07) is 7.82. The molecule has 0 unspecified atom stereocenters. The maximum Gasteiger partial charge on any atom is 0.319 e. The summed E-state index contributed by atoms with van der Waals surface area (Å²) in [6.45, 7) is 2.40. The van der Waals surface area contributed by atoms with E-state index >= 15 is 0 Å². The number of hydrogen-bond donors (Lipinski definition) is 2. The van der Waals surface area contributed by atoms with Gasteiger partial charge in [-0.3, -0.25) is 4.79 Å². The summed E-state index contributed by atoms with van der Waals surface area (Å²) in [6.07, 6.45) is 6.12. The molecule has 2 saturated heterocycles. The Morgan fingerprint density at radius 3 is 2.31 bits per heavy atom. The molecule has 3 N–H and O–H groups in total. The Balaban J connectivity index is 1.47. The number of amides is 3. The fourth-order valence-electron chi connectivity index (χ4n) is 5.25. The van der Waals surface area contributed by atoms with Gasteiger partial charge in [-0.25, -0.2) is 27.5 Å². The summed E-state index contributed by atoms with van der Waals surface area (Å²) in [5.41, 5.74) is 7.51. The van der Waals surface area contributed by atoms with Crippen molar-refractivity contribution in [2.75, 3.05) is 63.8 Å². The van der Waals surface area contributed by atoms with Crippen LogP contribution in [0.15, 0.2) is 30.5 Å². The molecule has 212 valence electrons. The fraction of sp³-hybridized carbons (Fsp3) is 0.538. The highest BCUT2D eigenvalue weighted by atomic mass is 32.2.